The molecule has 0 aliphatic rings. The first kappa shape index (κ1) is 16.4. The number of carbonyl (C=O) groups excluding carboxylic acids is 1. The highest BCUT2D eigenvalue weighted by atomic mass is 16.5. The summed E-state index contributed by atoms with van der Waals surface area (Å²) in [5.74, 6) is -0.131. The molecule has 102 valence electrons. The smallest absolute Gasteiger partial charge is 0.320 e. The monoisotopic (exact) mass is 244 g/mol. The number of hydrogen-bond acceptors (Lipinski definition) is 4. The predicted molar refractivity (Wildman–Crippen MR) is 70.8 cm³/mol. The minimum atomic E-state index is -0.131. The highest BCUT2D eigenvalue weighted by molar-refractivity contribution is 5.71. The number of esters is 1. The Labute approximate surface area is 105 Å². The van der Waals surface area contributed by atoms with Gasteiger partial charge in [0.2, 0.25) is 0 Å². The largest absolute Gasteiger partial charge is 0.465 e. The summed E-state index contributed by atoms with van der Waals surface area (Å²) in [6, 6.07) is 0. The number of nitrogens with two attached hydrogens (primary N) is 1. The zero-order chi connectivity index (χ0) is 13.3. The fourth-order valence-electron chi connectivity index (χ4n) is 1.51. The van der Waals surface area contributed by atoms with Gasteiger partial charge in [-0.3, -0.25) is 9.69 Å². The second-order valence-electron chi connectivity index (χ2n) is 5.25. The molecule has 0 aromatic carbocycles. The van der Waals surface area contributed by atoms with E-state index in [-0.39, 0.29) is 11.4 Å². The van der Waals surface area contributed by atoms with Gasteiger partial charge in [-0.15, -0.1) is 0 Å². The van der Waals surface area contributed by atoms with Crippen LogP contribution in [0.1, 0.15) is 40.5 Å². The van der Waals surface area contributed by atoms with Crippen LogP contribution in [0.2, 0.25) is 0 Å². The highest BCUT2D eigenvalue weighted by Gasteiger charge is 2.21. The molecule has 0 rings (SSSR count). The lowest BCUT2D eigenvalue weighted by Gasteiger charge is -2.30. The highest BCUT2D eigenvalue weighted by Crippen LogP contribution is 2.14. The third-order valence-electron chi connectivity index (χ3n) is 2.77. The molecule has 0 bridgehead atoms. The minimum Gasteiger partial charge on any atom is -0.465 e. The van der Waals surface area contributed by atoms with Crippen LogP contribution >= 0.6 is 0 Å². The van der Waals surface area contributed by atoms with Crippen LogP contribution in [-0.2, 0) is 9.53 Å². The van der Waals surface area contributed by atoms with Gasteiger partial charge in [-0.1, -0.05) is 34.1 Å². The number of carbonyl (C=O) groups is 1. The van der Waals surface area contributed by atoms with Gasteiger partial charge < -0.3 is 10.5 Å². The predicted octanol–water partition coefficient (Wildman–Crippen LogP) is 1.64. The van der Waals surface area contributed by atoms with Crippen LogP contribution in [0.15, 0.2) is 0 Å². The van der Waals surface area contributed by atoms with Gasteiger partial charge in [-0.05, 0) is 24.9 Å². The molecule has 0 fully saturated rings. The van der Waals surface area contributed by atoms with Crippen molar-refractivity contribution >= 4 is 5.97 Å². The Kier molecular flexibility index (Phi) is 8.17. The van der Waals surface area contributed by atoms with Crippen molar-refractivity contribution in [2.75, 3.05) is 32.8 Å². The maximum atomic E-state index is 11.6. The first-order valence-electron chi connectivity index (χ1n) is 6.53. The molecule has 0 aromatic rings. The second kappa shape index (κ2) is 8.48. The number of nitrogens with zero attached hydrogens (tertiary/aromatic N) is 1. The van der Waals surface area contributed by atoms with Crippen LogP contribution in [0.3, 0.4) is 0 Å². The van der Waals surface area contributed by atoms with E-state index < -0.39 is 0 Å². The van der Waals surface area contributed by atoms with Crippen molar-refractivity contribution < 1.29 is 9.53 Å². The minimum absolute atomic E-state index is 0.0414. The number of unbranched alkanes of at least 4 members (excludes halogenated alkanes) is 1. The van der Waals surface area contributed by atoms with E-state index in [4.69, 9.17) is 10.5 Å². The molecule has 2 N–H and O–H groups in total. The first-order valence-corrected chi connectivity index (χ1v) is 6.53. The molecule has 0 saturated carbocycles. The van der Waals surface area contributed by atoms with Crippen molar-refractivity contribution in [3.8, 4) is 0 Å². The zero-order valence-corrected chi connectivity index (χ0v) is 11.8. The fraction of sp³-hybridized carbons (Fsp3) is 0.923. The SMILES string of the molecule is CCCCOC(=O)CN(CC)CC(C)(C)CN. The molecule has 0 aromatic heterocycles. The molecule has 0 amide bonds. The third-order valence-corrected chi connectivity index (χ3v) is 2.77. The van der Waals surface area contributed by atoms with E-state index in [0.717, 1.165) is 25.9 Å². The average Bonchev–Trinajstić information content (AvgIpc) is 2.28. The molecule has 0 atom stereocenters. The Morgan fingerprint density at radius 2 is 2.00 bits per heavy atom. The molecular weight excluding hydrogens is 216 g/mol. The van der Waals surface area contributed by atoms with Gasteiger partial charge in [0.25, 0.3) is 0 Å². The van der Waals surface area contributed by atoms with E-state index in [1.54, 1.807) is 0 Å². The molecule has 0 aliphatic carbocycles. The van der Waals surface area contributed by atoms with Crippen molar-refractivity contribution in [1.82, 2.24) is 4.90 Å². The van der Waals surface area contributed by atoms with Gasteiger partial charge >= 0.3 is 5.97 Å². The van der Waals surface area contributed by atoms with E-state index in [2.05, 4.69) is 25.7 Å². The Morgan fingerprint density at radius 1 is 1.35 bits per heavy atom. The van der Waals surface area contributed by atoms with Gasteiger partial charge in [0.1, 0.15) is 0 Å². The number of ether oxygens (including phenoxy) is 1. The van der Waals surface area contributed by atoms with Crippen molar-refractivity contribution in [2.24, 2.45) is 11.1 Å². The van der Waals surface area contributed by atoms with E-state index in [0.29, 0.717) is 19.7 Å². The molecular formula is C13H28N2O2. The normalized spacial score (nSPS) is 11.9. The summed E-state index contributed by atoms with van der Waals surface area (Å²) in [6.07, 6.45) is 1.98. The maximum Gasteiger partial charge on any atom is 0.320 e. The van der Waals surface area contributed by atoms with Gasteiger partial charge in [0.15, 0.2) is 0 Å². The molecule has 4 heteroatoms. The van der Waals surface area contributed by atoms with E-state index in [9.17, 15) is 4.79 Å². The molecule has 0 radical (unpaired) electrons. The van der Waals surface area contributed by atoms with Crippen LogP contribution in [0.5, 0.6) is 0 Å². The topological polar surface area (TPSA) is 55.6 Å². The van der Waals surface area contributed by atoms with Crippen LogP contribution in [0.25, 0.3) is 0 Å². The summed E-state index contributed by atoms with van der Waals surface area (Å²) in [6.45, 7) is 11.5. The van der Waals surface area contributed by atoms with Gasteiger partial charge in [0.05, 0.1) is 13.2 Å². The van der Waals surface area contributed by atoms with E-state index in [1.165, 1.54) is 0 Å². The quantitative estimate of drug-likeness (QED) is 0.495. The molecule has 0 spiro atoms. The summed E-state index contributed by atoms with van der Waals surface area (Å²) in [5, 5.41) is 0. The number of hydrogen-bond donors (Lipinski definition) is 1. The summed E-state index contributed by atoms with van der Waals surface area (Å²) in [5.41, 5.74) is 5.74. The number of rotatable bonds is 9. The molecule has 4 nitrogen and oxygen atoms in total. The Hall–Kier alpha value is -0.610. The Bertz CT molecular complexity index is 217. The molecule has 0 heterocycles. The fourth-order valence-corrected chi connectivity index (χ4v) is 1.51. The molecule has 17 heavy (non-hydrogen) atoms. The third kappa shape index (κ3) is 8.16. The van der Waals surface area contributed by atoms with E-state index in [1.807, 2.05) is 6.92 Å². The second-order valence-corrected chi connectivity index (χ2v) is 5.25. The Balaban J connectivity index is 3.99. The summed E-state index contributed by atoms with van der Waals surface area (Å²) < 4.78 is 5.15. The van der Waals surface area contributed by atoms with Crippen molar-refractivity contribution in [2.45, 2.75) is 40.5 Å². The zero-order valence-electron chi connectivity index (χ0n) is 11.8. The lowest BCUT2D eigenvalue weighted by Crippen LogP contribution is -2.41. The van der Waals surface area contributed by atoms with Crippen LogP contribution in [0.4, 0.5) is 0 Å². The molecule has 0 unspecified atom stereocenters. The van der Waals surface area contributed by atoms with Crippen LogP contribution < -0.4 is 5.73 Å². The average molecular weight is 244 g/mol. The van der Waals surface area contributed by atoms with Crippen molar-refractivity contribution in [3.05, 3.63) is 0 Å². The Morgan fingerprint density at radius 3 is 2.47 bits per heavy atom. The van der Waals surface area contributed by atoms with Gasteiger partial charge in [-0.25, -0.2) is 0 Å². The summed E-state index contributed by atoms with van der Waals surface area (Å²) in [7, 11) is 0. The van der Waals surface area contributed by atoms with Crippen molar-refractivity contribution in [3.63, 3.8) is 0 Å². The van der Waals surface area contributed by atoms with Gasteiger partial charge in [0, 0.05) is 6.54 Å². The lowest BCUT2D eigenvalue weighted by molar-refractivity contribution is -0.145. The van der Waals surface area contributed by atoms with Crippen molar-refractivity contribution in [1.29, 1.82) is 0 Å². The first-order chi connectivity index (χ1) is 7.95. The summed E-state index contributed by atoms with van der Waals surface area (Å²) in [4.78, 5) is 13.7. The van der Waals surface area contributed by atoms with Gasteiger partial charge in [-0.2, -0.15) is 0 Å². The van der Waals surface area contributed by atoms with Crippen LogP contribution in [0, 0.1) is 5.41 Å². The summed E-state index contributed by atoms with van der Waals surface area (Å²) >= 11 is 0. The molecule has 0 aliphatic heterocycles. The molecule has 0 saturated heterocycles. The standard InChI is InChI=1S/C13H28N2O2/c1-5-7-8-17-12(16)9-15(6-2)11-13(3,4)10-14/h5-11,14H2,1-4H3. The van der Waals surface area contributed by atoms with Crippen LogP contribution in [-0.4, -0.2) is 43.7 Å². The lowest BCUT2D eigenvalue weighted by atomic mass is 9.93. The van der Waals surface area contributed by atoms with E-state index >= 15 is 0 Å². The number of likely N-dealkylation sites (N-methyl/N-ethyl adjacent to an activating group) is 1. The maximum absolute atomic E-state index is 11.6.